The second-order valence-electron chi connectivity index (χ2n) is 7.11. The Morgan fingerprint density at radius 2 is 1.86 bits per heavy atom. The zero-order chi connectivity index (χ0) is 20.4. The molecule has 1 atom stereocenters. The summed E-state index contributed by atoms with van der Waals surface area (Å²) in [5, 5.41) is 6.98. The molecular weight excluding hydrogens is 422 g/mol. The monoisotopic (exact) mass is 443 g/mol. The number of ketones is 1. The van der Waals surface area contributed by atoms with Gasteiger partial charge in [0, 0.05) is 27.8 Å². The molecule has 0 saturated carbocycles. The number of H-pyrrole nitrogens is 1. The van der Waals surface area contributed by atoms with Crippen molar-refractivity contribution >= 4 is 27.6 Å². The minimum absolute atomic E-state index is 0.0271. The smallest absolute Gasteiger partial charge is 0.267 e. The third-order valence-corrected chi connectivity index (χ3v) is 5.28. The number of nitrogens with zero attached hydrogens (tertiary/aromatic N) is 1. The number of aromatic nitrogens is 2. The minimum atomic E-state index is -0.246. The SMILES string of the molecule is Cc1onc(-c2ccc(Br)cc2)c1C(=O)c1c[nH]c(C(=O)NC(C)C(C)C)c1. The number of aromatic amines is 1. The minimum Gasteiger partial charge on any atom is -0.360 e. The molecule has 6 nitrogen and oxygen atoms in total. The number of carbonyl (C=O) groups excluding carboxylic acids is 2. The van der Waals surface area contributed by atoms with Crippen molar-refractivity contribution in [3.05, 3.63) is 63.6 Å². The molecule has 1 amide bonds. The van der Waals surface area contributed by atoms with Crippen LogP contribution in [0, 0.1) is 12.8 Å². The van der Waals surface area contributed by atoms with Gasteiger partial charge in [0.05, 0.1) is 5.56 Å². The van der Waals surface area contributed by atoms with Crippen molar-refractivity contribution in [1.29, 1.82) is 0 Å². The Morgan fingerprint density at radius 1 is 1.18 bits per heavy atom. The highest BCUT2D eigenvalue weighted by molar-refractivity contribution is 9.10. The Balaban J connectivity index is 1.88. The molecule has 2 aromatic heterocycles. The maximum absolute atomic E-state index is 13.1. The predicted octanol–water partition coefficient (Wildman–Crippen LogP) is 4.75. The molecule has 0 spiro atoms. The van der Waals surface area contributed by atoms with Crippen molar-refractivity contribution in [2.24, 2.45) is 5.92 Å². The Bertz CT molecular complexity index is 1000. The summed E-state index contributed by atoms with van der Waals surface area (Å²) in [6.07, 6.45) is 1.54. The molecule has 28 heavy (non-hydrogen) atoms. The third-order valence-electron chi connectivity index (χ3n) is 4.76. The predicted molar refractivity (Wildman–Crippen MR) is 110 cm³/mol. The second kappa shape index (κ2) is 8.14. The van der Waals surface area contributed by atoms with E-state index in [1.54, 1.807) is 13.0 Å². The third kappa shape index (κ3) is 4.09. The molecule has 0 saturated heterocycles. The number of halogens is 1. The molecule has 3 aromatic rings. The quantitative estimate of drug-likeness (QED) is 0.538. The van der Waals surface area contributed by atoms with Crippen LogP contribution < -0.4 is 5.32 Å². The van der Waals surface area contributed by atoms with Crippen LogP contribution in [0.25, 0.3) is 11.3 Å². The number of hydrogen-bond acceptors (Lipinski definition) is 4. The van der Waals surface area contributed by atoms with E-state index < -0.39 is 0 Å². The highest BCUT2D eigenvalue weighted by Crippen LogP contribution is 2.28. The molecule has 146 valence electrons. The van der Waals surface area contributed by atoms with Crippen LogP contribution in [0.4, 0.5) is 0 Å². The van der Waals surface area contributed by atoms with E-state index in [2.05, 4.69) is 31.4 Å². The van der Waals surface area contributed by atoms with E-state index in [0.29, 0.717) is 34.2 Å². The summed E-state index contributed by atoms with van der Waals surface area (Å²) in [6.45, 7) is 7.72. The molecule has 0 bridgehead atoms. The lowest BCUT2D eigenvalue weighted by molar-refractivity contribution is 0.0926. The standard InChI is InChI=1S/C21H22BrN3O3/c1-11(2)12(3)24-21(27)17-9-15(10-23-17)20(26)18-13(4)28-25-19(18)14-5-7-16(22)8-6-14/h5-12,23H,1-4H3,(H,24,27). The normalized spacial score (nSPS) is 12.2. The number of aryl methyl sites for hydroxylation is 1. The van der Waals surface area contributed by atoms with E-state index in [1.807, 2.05) is 45.0 Å². The first-order valence-electron chi connectivity index (χ1n) is 9.04. The number of benzene rings is 1. The lowest BCUT2D eigenvalue weighted by Gasteiger charge is -2.16. The highest BCUT2D eigenvalue weighted by Gasteiger charge is 2.24. The van der Waals surface area contributed by atoms with Crippen LogP contribution in [-0.4, -0.2) is 27.9 Å². The van der Waals surface area contributed by atoms with Gasteiger partial charge in [-0.1, -0.05) is 47.1 Å². The van der Waals surface area contributed by atoms with E-state index in [4.69, 9.17) is 4.52 Å². The summed E-state index contributed by atoms with van der Waals surface area (Å²) in [6, 6.07) is 9.06. The number of hydrogen-bond donors (Lipinski definition) is 2. The number of amides is 1. The average Bonchev–Trinajstić information content (AvgIpc) is 3.29. The molecule has 2 N–H and O–H groups in total. The molecule has 2 heterocycles. The zero-order valence-corrected chi connectivity index (χ0v) is 17.8. The summed E-state index contributed by atoms with van der Waals surface area (Å²) >= 11 is 3.40. The number of rotatable bonds is 6. The lowest BCUT2D eigenvalue weighted by atomic mass is 9.99. The zero-order valence-electron chi connectivity index (χ0n) is 16.2. The topological polar surface area (TPSA) is 88.0 Å². The number of nitrogens with one attached hydrogen (secondary N) is 2. The van der Waals surface area contributed by atoms with E-state index in [0.717, 1.165) is 10.0 Å². The van der Waals surface area contributed by atoms with Gasteiger partial charge >= 0.3 is 0 Å². The largest absolute Gasteiger partial charge is 0.360 e. The first-order valence-corrected chi connectivity index (χ1v) is 9.83. The van der Waals surface area contributed by atoms with Crippen molar-refractivity contribution in [2.75, 3.05) is 0 Å². The summed E-state index contributed by atoms with van der Waals surface area (Å²) in [5.74, 6) is 0.260. The van der Waals surface area contributed by atoms with Gasteiger partial charge in [0.2, 0.25) is 0 Å². The van der Waals surface area contributed by atoms with Gasteiger partial charge in [-0.15, -0.1) is 0 Å². The molecule has 1 aromatic carbocycles. The summed E-state index contributed by atoms with van der Waals surface area (Å²) in [7, 11) is 0. The van der Waals surface area contributed by atoms with Crippen molar-refractivity contribution < 1.29 is 14.1 Å². The van der Waals surface area contributed by atoms with Crippen molar-refractivity contribution in [3.8, 4) is 11.3 Å². The van der Waals surface area contributed by atoms with E-state index in [1.165, 1.54) is 6.20 Å². The van der Waals surface area contributed by atoms with Gasteiger partial charge in [0.25, 0.3) is 5.91 Å². The summed E-state index contributed by atoms with van der Waals surface area (Å²) in [4.78, 5) is 28.4. The van der Waals surface area contributed by atoms with Crippen LogP contribution in [0.15, 0.2) is 45.5 Å². The first kappa shape index (κ1) is 20.1. The number of carbonyl (C=O) groups is 2. The molecule has 7 heteroatoms. The van der Waals surface area contributed by atoms with Gasteiger partial charge in [-0.05, 0) is 38.0 Å². The molecule has 0 aliphatic heterocycles. The fourth-order valence-corrected chi connectivity index (χ4v) is 2.96. The summed E-state index contributed by atoms with van der Waals surface area (Å²) in [5.41, 5.74) is 2.38. The Labute approximate surface area is 171 Å². The van der Waals surface area contributed by atoms with Crippen LogP contribution in [0.5, 0.6) is 0 Å². The molecule has 0 radical (unpaired) electrons. The molecule has 1 unspecified atom stereocenters. The van der Waals surface area contributed by atoms with Gasteiger partial charge in [-0.2, -0.15) is 0 Å². The van der Waals surface area contributed by atoms with Crippen LogP contribution in [-0.2, 0) is 0 Å². The average molecular weight is 444 g/mol. The molecule has 0 fully saturated rings. The fraction of sp³-hybridized carbons (Fsp3) is 0.286. The van der Waals surface area contributed by atoms with Crippen LogP contribution >= 0.6 is 15.9 Å². The van der Waals surface area contributed by atoms with Gasteiger partial charge < -0.3 is 14.8 Å². The molecule has 3 rings (SSSR count). The molecule has 0 aliphatic carbocycles. The first-order chi connectivity index (χ1) is 13.3. The maximum Gasteiger partial charge on any atom is 0.267 e. The highest BCUT2D eigenvalue weighted by atomic mass is 79.9. The second-order valence-corrected chi connectivity index (χ2v) is 8.02. The van der Waals surface area contributed by atoms with Gasteiger partial charge in [-0.3, -0.25) is 9.59 Å². The van der Waals surface area contributed by atoms with E-state index in [-0.39, 0.29) is 17.7 Å². The van der Waals surface area contributed by atoms with Crippen LogP contribution in [0.2, 0.25) is 0 Å². The molecular formula is C21H22BrN3O3. The van der Waals surface area contributed by atoms with E-state index >= 15 is 0 Å². The lowest BCUT2D eigenvalue weighted by Crippen LogP contribution is -2.36. The van der Waals surface area contributed by atoms with Gasteiger partial charge in [-0.25, -0.2) is 0 Å². The molecule has 0 aliphatic rings. The van der Waals surface area contributed by atoms with Crippen molar-refractivity contribution in [3.63, 3.8) is 0 Å². The van der Waals surface area contributed by atoms with Crippen molar-refractivity contribution in [2.45, 2.75) is 33.7 Å². The van der Waals surface area contributed by atoms with Crippen molar-refractivity contribution in [1.82, 2.24) is 15.5 Å². The van der Waals surface area contributed by atoms with Crippen LogP contribution in [0.1, 0.15) is 52.9 Å². The van der Waals surface area contributed by atoms with Crippen LogP contribution in [0.3, 0.4) is 0 Å². The summed E-state index contributed by atoms with van der Waals surface area (Å²) < 4.78 is 6.22. The fourth-order valence-electron chi connectivity index (χ4n) is 2.70. The van der Waals surface area contributed by atoms with Gasteiger partial charge in [0.1, 0.15) is 17.1 Å². The van der Waals surface area contributed by atoms with Gasteiger partial charge in [0.15, 0.2) is 5.78 Å². The maximum atomic E-state index is 13.1. The van der Waals surface area contributed by atoms with E-state index in [9.17, 15) is 9.59 Å². The Morgan fingerprint density at radius 3 is 2.50 bits per heavy atom. The Hall–Kier alpha value is -2.67. The Kier molecular flexibility index (Phi) is 5.84.